The highest BCUT2D eigenvalue weighted by Gasteiger charge is 1.85. The molecule has 0 fully saturated rings. The van der Waals surface area contributed by atoms with Crippen molar-refractivity contribution < 1.29 is 0 Å². The van der Waals surface area contributed by atoms with E-state index in [-0.39, 0.29) is 0 Å². The monoisotopic (exact) mass is 221 g/mol. The van der Waals surface area contributed by atoms with Crippen LogP contribution in [0.5, 0.6) is 0 Å². The molecule has 0 aliphatic rings. The molecule has 4 heteroatoms. The Morgan fingerprint density at radius 3 is 2.62 bits per heavy atom. The van der Waals surface area contributed by atoms with Crippen molar-refractivity contribution in [3.63, 3.8) is 0 Å². The lowest BCUT2D eigenvalue weighted by Crippen LogP contribution is -1.91. The number of halogens is 1. The lowest BCUT2D eigenvalue weighted by Gasteiger charge is -1.88. The Labute approximate surface area is 60.5 Å². The van der Waals surface area contributed by atoms with E-state index in [1.165, 1.54) is 6.20 Å². The summed E-state index contributed by atoms with van der Waals surface area (Å²) >= 11 is 2.05. The molecule has 0 unspecified atom stereocenters. The van der Waals surface area contributed by atoms with Crippen molar-refractivity contribution in [3.05, 3.63) is 16.1 Å². The van der Waals surface area contributed by atoms with Gasteiger partial charge >= 0.3 is 0 Å². The summed E-state index contributed by atoms with van der Waals surface area (Å²) in [5, 5.41) is 0. The van der Waals surface area contributed by atoms with Gasteiger partial charge in [-0.3, -0.25) is 4.98 Å². The fraction of sp³-hybridized carbons (Fsp3) is 0. The van der Waals surface area contributed by atoms with E-state index in [9.17, 15) is 0 Å². The maximum absolute atomic E-state index is 5.28. The highest BCUT2D eigenvalue weighted by atomic mass is 127. The predicted octanol–water partition coefficient (Wildman–Crippen LogP) is 0.663. The van der Waals surface area contributed by atoms with Crippen LogP contribution in [0.1, 0.15) is 0 Å². The van der Waals surface area contributed by atoms with Crippen molar-refractivity contribution in [1.82, 2.24) is 9.97 Å². The summed E-state index contributed by atoms with van der Waals surface area (Å²) in [5.74, 6) is 0.469. The van der Waals surface area contributed by atoms with Gasteiger partial charge in [-0.1, -0.05) is 0 Å². The topological polar surface area (TPSA) is 51.8 Å². The molecule has 0 bridgehead atoms. The molecule has 0 atom stereocenters. The standard InChI is InChI=1S/C4H4IN3/c5-3-1-7-2-4(6)8-3/h1-2H,(H2,6,8). The molecule has 1 aromatic rings. The summed E-state index contributed by atoms with van der Waals surface area (Å²) < 4.78 is 0.822. The van der Waals surface area contributed by atoms with Crippen LogP contribution in [0.15, 0.2) is 12.4 Å². The van der Waals surface area contributed by atoms with E-state index in [0.717, 1.165) is 3.70 Å². The summed E-state index contributed by atoms with van der Waals surface area (Å²) in [4.78, 5) is 7.66. The zero-order valence-corrected chi connectivity index (χ0v) is 6.16. The highest BCUT2D eigenvalue weighted by molar-refractivity contribution is 14.1. The van der Waals surface area contributed by atoms with E-state index in [0.29, 0.717) is 5.82 Å². The number of aromatic nitrogens is 2. The van der Waals surface area contributed by atoms with Gasteiger partial charge in [-0.05, 0) is 22.6 Å². The van der Waals surface area contributed by atoms with Gasteiger partial charge in [0.05, 0.1) is 12.4 Å². The normalized spacial score (nSPS) is 9.12. The van der Waals surface area contributed by atoms with Crippen LogP contribution in [-0.2, 0) is 0 Å². The third-order valence-electron chi connectivity index (χ3n) is 0.624. The van der Waals surface area contributed by atoms with Crippen molar-refractivity contribution >= 4 is 28.4 Å². The number of hydrogen-bond acceptors (Lipinski definition) is 3. The number of hydrogen-bond donors (Lipinski definition) is 1. The van der Waals surface area contributed by atoms with Crippen LogP contribution in [0.3, 0.4) is 0 Å². The van der Waals surface area contributed by atoms with Crippen LogP contribution in [-0.4, -0.2) is 9.97 Å². The van der Waals surface area contributed by atoms with Crippen molar-refractivity contribution in [2.24, 2.45) is 0 Å². The lowest BCUT2D eigenvalue weighted by molar-refractivity contribution is 1.17. The van der Waals surface area contributed by atoms with Crippen molar-refractivity contribution in [2.75, 3.05) is 5.73 Å². The molecular weight excluding hydrogens is 217 g/mol. The number of nitrogens with zero attached hydrogens (tertiary/aromatic N) is 2. The van der Waals surface area contributed by atoms with Crippen LogP contribution >= 0.6 is 22.6 Å². The summed E-state index contributed by atoms with van der Waals surface area (Å²) in [6.45, 7) is 0. The Kier molecular flexibility index (Phi) is 1.62. The van der Waals surface area contributed by atoms with Crippen LogP contribution in [0.25, 0.3) is 0 Å². The first-order chi connectivity index (χ1) is 3.79. The van der Waals surface area contributed by atoms with Crippen molar-refractivity contribution in [3.8, 4) is 0 Å². The molecule has 3 nitrogen and oxygen atoms in total. The minimum absolute atomic E-state index is 0.469. The molecule has 0 aliphatic carbocycles. The molecule has 1 aromatic heterocycles. The number of nitrogens with two attached hydrogens (primary N) is 1. The Morgan fingerprint density at radius 1 is 1.50 bits per heavy atom. The second kappa shape index (κ2) is 2.25. The fourth-order valence-electron chi connectivity index (χ4n) is 0.356. The van der Waals surface area contributed by atoms with E-state index < -0.39 is 0 Å². The highest BCUT2D eigenvalue weighted by Crippen LogP contribution is 1.98. The van der Waals surface area contributed by atoms with E-state index >= 15 is 0 Å². The average Bonchev–Trinajstić information content (AvgIpc) is 1.64. The van der Waals surface area contributed by atoms with Crippen LogP contribution < -0.4 is 5.73 Å². The van der Waals surface area contributed by atoms with Gasteiger partial charge in [0.2, 0.25) is 0 Å². The van der Waals surface area contributed by atoms with Gasteiger partial charge in [0.15, 0.2) is 0 Å². The molecule has 0 radical (unpaired) electrons. The second-order valence-corrected chi connectivity index (χ2v) is 2.37. The minimum Gasteiger partial charge on any atom is -0.382 e. The van der Waals surface area contributed by atoms with E-state index in [1.54, 1.807) is 6.20 Å². The molecular formula is C4H4IN3. The van der Waals surface area contributed by atoms with Gasteiger partial charge in [0, 0.05) is 0 Å². The maximum atomic E-state index is 5.28. The molecule has 0 saturated carbocycles. The summed E-state index contributed by atoms with van der Waals surface area (Å²) in [7, 11) is 0. The number of rotatable bonds is 0. The Balaban J connectivity index is 3.08. The molecule has 2 N–H and O–H groups in total. The number of nitrogen functional groups attached to an aromatic ring is 1. The maximum Gasteiger partial charge on any atom is 0.143 e. The molecule has 0 spiro atoms. The lowest BCUT2D eigenvalue weighted by atomic mass is 10.7. The predicted molar refractivity (Wildman–Crippen MR) is 39.2 cm³/mol. The first-order valence-electron chi connectivity index (χ1n) is 2.02. The zero-order chi connectivity index (χ0) is 5.98. The van der Waals surface area contributed by atoms with Gasteiger partial charge < -0.3 is 5.73 Å². The summed E-state index contributed by atoms with van der Waals surface area (Å²) in [5.41, 5.74) is 5.28. The summed E-state index contributed by atoms with van der Waals surface area (Å²) in [6.07, 6.45) is 3.17. The molecule has 8 heavy (non-hydrogen) atoms. The molecule has 0 amide bonds. The van der Waals surface area contributed by atoms with Gasteiger partial charge in [0.1, 0.15) is 9.52 Å². The van der Waals surface area contributed by atoms with Crippen LogP contribution in [0.4, 0.5) is 5.82 Å². The van der Waals surface area contributed by atoms with E-state index in [1.807, 2.05) is 0 Å². The van der Waals surface area contributed by atoms with Crippen molar-refractivity contribution in [1.29, 1.82) is 0 Å². The fourth-order valence-corrected chi connectivity index (χ4v) is 0.796. The first-order valence-corrected chi connectivity index (χ1v) is 3.10. The van der Waals surface area contributed by atoms with Crippen LogP contribution in [0, 0.1) is 3.70 Å². The average molecular weight is 221 g/mol. The zero-order valence-electron chi connectivity index (χ0n) is 4.00. The Bertz CT molecular complexity index is 171. The second-order valence-electron chi connectivity index (χ2n) is 1.27. The smallest absolute Gasteiger partial charge is 0.143 e. The van der Waals surface area contributed by atoms with E-state index in [4.69, 9.17) is 5.73 Å². The molecule has 42 valence electrons. The third kappa shape index (κ3) is 1.29. The van der Waals surface area contributed by atoms with Gasteiger partial charge in [-0.15, -0.1) is 0 Å². The van der Waals surface area contributed by atoms with Gasteiger partial charge in [-0.25, -0.2) is 4.98 Å². The van der Waals surface area contributed by atoms with E-state index in [2.05, 4.69) is 32.6 Å². The Morgan fingerprint density at radius 2 is 2.25 bits per heavy atom. The summed E-state index contributed by atoms with van der Waals surface area (Å²) in [6, 6.07) is 0. The van der Waals surface area contributed by atoms with Gasteiger partial charge in [-0.2, -0.15) is 0 Å². The first kappa shape index (κ1) is 5.74. The minimum atomic E-state index is 0.469. The molecule has 0 saturated heterocycles. The molecule has 1 heterocycles. The quantitative estimate of drug-likeness (QED) is 0.654. The van der Waals surface area contributed by atoms with Crippen molar-refractivity contribution in [2.45, 2.75) is 0 Å². The molecule has 0 aromatic carbocycles. The van der Waals surface area contributed by atoms with Gasteiger partial charge in [0.25, 0.3) is 0 Å². The molecule has 0 aliphatic heterocycles. The largest absolute Gasteiger partial charge is 0.382 e. The van der Waals surface area contributed by atoms with Crippen LogP contribution in [0.2, 0.25) is 0 Å². The third-order valence-corrected chi connectivity index (χ3v) is 1.14. The Hall–Kier alpha value is -0.390. The number of anilines is 1. The molecule has 1 rings (SSSR count). The SMILES string of the molecule is Nc1cncc(I)n1.